The minimum atomic E-state index is -1.47. The molecule has 1 unspecified atom stereocenters. The quantitative estimate of drug-likeness (QED) is 0.601. The predicted octanol–water partition coefficient (Wildman–Crippen LogP) is 0.708. The number of aliphatic carboxylic acids is 1. The number of carbonyl (C=O) groups excluding carboxylic acids is 2. The van der Waals surface area contributed by atoms with Crippen LogP contribution in [0.15, 0.2) is 18.2 Å². The fourth-order valence-electron chi connectivity index (χ4n) is 2.15. The van der Waals surface area contributed by atoms with Gasteiger partial charge in [0, 0.05) is 0 Å². The van der Waals surface area contributed by atoms with E-state index in [4.69, 9.17) is 14.2 Å². The van der Waals surface area contributed by atoms with E-state index in [0.717, 1.165) is 0 Å². The van der Waals surface area contributed by atoms with Crippen LogP contribution in [0, 0.1) is 5.92 Å². The molecular weight excluding hydrogens is 288 g/mol. The third-order valence-electron chi connectivity index (χ3n) is 3.05. The number of rotatable bonds is 4. The van der Waals surface area contributed by atoms with Crippen molar-refractivity contribution in [2.45, 2.75) is 32.8 Å². The van der Waals surface area contributed by atoms with Crippen molar-refractivity contribution in [3.05, 3.63) is 23.8 Å². The van der Waals surface area contributed by atoms with Crippen LogP contribution in [-0.4, -0.2) is 30.8 Å². The van der Waals surface area contributed by atoms with E-state index < -0.39 is 23.5 Å². The van der Waals surface area contributed by atoms with E-state index in [1.54, 1.807) is 39.0 Å². The molecule has 0 fully saturated rings. The van der Waals surface area contributed by atoms with Gasteiger partial charge in [-0.15, -0.1) is 0 Å². The number of carboxylic acid groups (broad SMARTS) is 1. The zero-order valence-corrected chi connectivity index (χ0v) is 12.9. The van der Waals surface area contributed by atoms with Crippen molar-refractivity contribution >= 4 is 11.9 Å². The van der Waals surface area contributed by atoms with Crippen LogP contribution in [0.25, 0.3) is 0 Å². The Bertz CT molecular complexity index is 572. The van der Waals surface area contributed by atoms with Crippen LogP contribution in [-0.2, 0) is 20.7 Å². The second-order valence-corrected chi connectivity index (χ2v) is 6.05. The van der Waals surface area contributed by atoms with E-state index in [1.807, 2.05) is 0 Å². The number of carboxylic acids is 1. The van der Waals surface area contributed by atoms with Crippen LogP contribution in [0.1, 0.15) is 26.3 Å². The van der Waals surface area contributed by atoms with Gasteiger partial charge in [-0.25, -0.2) is 0 Å². The van der Waals surface area contributed by atoms with Gasteiger partial charge in [-0.3, -0.25) is 4.79 Å². The van der Waals surface area contributed by atoms with Gasteiger partial charge in [-0.1, -0.05) is 12.1 Å². The van der Waals surface area contributed by atoms with Crippen LogP contribution in [0.4, 0.5) is 0 Å². The highest BCUT2D eigenvalue weighted by molar-refractivity contribution is 5.93. The maximum absolute atomic E-state index is 12.1. The first-order chi connectivity index (χ1) is 10.3. The van der Waals surface area contributed by atoms with E-state index in [2.05, 4.69) is 0 Å². The largest absolute Gasteiger partial charge is 0.549 e. The molecule has 1 aromatic rings. The molecule has 6 nitrogen and oxygen atoms in total. The zero-order chi connectivity index (χ0) is 16.3. The summed E-state index contributed by atoms with van der Waals surface area (Å²) in [6, 6.07) is 5.16. The summed E-state index contributed by atoms with van der Waals surface area (Å²) in [5.74, 6) is -2.66. The van der Waals surface area contributed by atoms with E-state index in [1.165, 1.54) is 0 Å². The van der Waals surface area contributed by atoms with E-state index in [-0.39, 0.29) is 6.42 Å². The van der Waals surface area contributed by atoms with Gasteiger partial charge in [0.15, 0.2) is 11.5 Å². The van der Waals surface area contributed by atoms with Crippen LogP contribution < -0.4 is 14.6 Å². The Morgan fingerprint density at radius 3 is 2.59 bits per heavy atom. The minimum absolute atomic E-state index is 0.0657. The van der Waals surface area contributed by atoms with Crippen LogP contribution >= 0.6 is 0 Å². The maximum atomic E-state index is 12.1. The first-order valence-electron chi connectivity index (χ1n) is 7.09. The number of fused-ring (bicyclic) bond motifs is 1. The van der Waals surface area contributed by atoms with Crippen molar-refractivity contribution < 1.29 is 28.9 Å². The fraction of sp³-hybridized carbons (Fsp3) is 0.500. The van der Waals surface area contributed by atoms with Gasteiger partial charge in [-0.2, -0.15) is 0 Å². The molecule has 0 aliphatic carbocycles. The van der Waals surface area contributed by atoms with Gasteiger partial charge in [0.25, 0.3) is 0 Å². The third kappa shape index (κ3) is 3.90. The van der Waals surface area contributed by atoms with Gasteiger partial charge in [0.2, 0.25) is 0 Å². The molecule has 0 saturated heterocycles. The van der Waals surface area contributed by atoms with Crippen LogP contribution in [0.5, 0.6) is 11.5 Å². The van der Waals surface area contributed by atoms with Crippen molar-refractivity contribution in [3.63, 3.8) is 0 Å². The number of ether oxygens (including phenoxy) is 3. The second kappa shape index (κ2) is 6.25. The lowest BCUT2D eigenvalue weighted by molar-refractivity contribution is -0.311. The lowest BCUT2D eigenvalue weighted by Crippen LogP contribution is -2.41. The van der Waals surface area contributed by atoms with E-state index >= 15 is 0 Å². The first-order valence-corrected chi connectivity index (χ1v) is 7.09. The topological polar surface area (TPSA) is 84.9 Å². The highest BCUT2D eigenvalue weighted by atomic mass is 16.6. The molecule has 1 heterocycles. The zero-order valence-electron chi connectivity index (χ0n) is 12.9. The summed E-state index contributed by atoms with van der Waals surface area (Å²) in [5, 5.41) is 11.3. The molecular formula is C16H19O6-. The van der Waals surface area contributed by atoms with Crippen molar-refractivity contribution in [2.75, 3.05) is 13.2 Å². The molecule has 0 bridgehead atoms. The average molecular weight is 307 g/mol. The molecule has 0 aromatic heterocycles. The Morgan fingerprint density at radius 2 is 1.95 bits per heavy atom. The maximum Gasteiger partial charge on any atom is 0.315 e. The van der Waals surface area contributed by atoms with Gasteiger partial charge in [-0.05, 0) is 38.8 Å². The molecule has 120 valence electrons. The Morgan fingerprint density at radius 1 is 1.27 bits per heavy atom. The number of carbonyl (C=O) groups is 2. The number of benzene rings is 1. The Balaban J connectivity index is 2.22. The van der Waals surface area contributed by atoms with Crippen molar-refractivity contribution in [3.8, 4) is 11.5 Å². The Labute approximate surface area is 129 Å². The molecule has 0 saturated carbocycles. The van der Waals surface area contributed by atoms with Gasteiger partial charge < -0.3 is 24.1 Å². The molecule has 0 amide bonds. The molecule has 2 rings (SSSR count). The fourth-order valence-corrected chi connectivity index (χ4v) is 2.15. The Hall–Kier alpha value is -2.24. The predicted molar refractivity (Wildman–Crippen MR) is 75.5 cm³/mol. The van der Waals surface area contributed by atoms with Crippen molar-refractivity contribution in [1.29, 1.82) is 0 Å². The Kier molecular flexibility index (Phi) is 4.59. The second-order valence-electron chi connectivity index (χ2n) is 6.05. The third-order valence-corrected chi connectivity index (χ3v) is 3.05. The number of hydrogen-bond acceptors (Lipinski definition) is 6. The molecule has 1 aliphatic heterocycles. The van der Waals surface area contributed by atoms with Crippen LogP contribution in [0.3, 0.4) is 0 Å². The molecule has 0 N–H and O–H groups in total. The minimum Gasteiger partial charge on any atom is -0.549 e. The molecule has 6 heteroatoms. The summed E-state index contributed by atoms with van der Waals surface area (Å²) in [5.41, 5.74) is -0.183. The monoisotopic (exact) mass is 307 g/mol. The van der Waals surface area contributed by atoms with Gasteiger partial charge >= 0.3 is 5.97 Å². The van der Waals surface area contributed by atoms with E-state index in [9.17, 15) is 14.7 Å². The highest BCUT2D eigenvalue weighted by Gasteiger charge is 2.28. The summed E-state index contributed by atoms with van der Waals surface area (Å²) in [4.78, 5) is 23.4. The van der Waals surface area contributed by atoms with Crippen LogP contribution in [0.2, 0.25) is 0 Å². The van der Waals surface area contributed by atoms with E-state index in [0.29, 0.717) is 30.3 Å². The molecule has 0 spiro atoms. The first kappa shape index (κ1) is 16.1. The SMILES string of the molecule is CC(C)(C)OC(=O)C(Cc1cccc2c1OCCO2)C(=O)[O-]. The summed E-state index contributed by atoms with van der Waals surface area (Å²) in [6.45, 7) is 5.86. The molecule has 0 radical (unpaired) electrons. The number of hydrogen-bond donors (Lipinski definition) is 0. The molecule has 1 atom stereocenters. The molecule has 1 aliphatic rings. The standard InChI is InChI=1S/C16H20O6/c1-16(2,3)22-15(19)11(14(17)18)9-10-5-4-6-12-13(10)21-8-7-20-12/h4-6,11H,7-9H2,1-3H3,(H,17,18)/p-1. The highest BCUT2D eigenvalue weighted by Crippen LogP contribution is 2.35. The summed E-state index contributed by atoms with van der Waals surface area (Å²) >= 11 is 0. The normalized spacial score (nSPS) is 15.0. The number of para-hydroxylation sites is 1. The smallest absolute Gasteiger partial charge is 0.315 e. The lowest BCUT2D eigenvalue weighted by Gasteiger charge is -2.26. The summed E-state index contributed by atoms with van der Waals surface area (Å²) < 4.78 is 16.1. The summed E-state index contributed by atoms with van der Waals surface area (Å²) in [7, 11) is 0. The van der Waals surface area contributed by atoms with Gasteiger partial charge in [0.05, 0.1) is 5.97 Å². The molecule has 22 heavy (non-hydrogen) atoms. The summed E-state index contributed by atoms with van der Waals surface area (Å²) in [6.07, 6.45) is -0.0657. The van der Waals surface area contributed by atoms with Crippen molar-refractivity contribution in [1.82, 2.24) is 0 Å². The number of esters is 1. The van der Waals surface area contributed by atoms with Gasteiger partial charge in [0.1, 0.15) is 24.7 Å². The van der Waals surface area contributed by atoms with Crippen molar-refractivity contribution in [2.24, 2.45) is 5.92 Å². The average Bonchev–Trinajstić information content (AvgIpc) is 2.42. The lowest BCUT2D eigenvalue weighted by atomic mass is 9.98. The molecule has 1 aromatic carbocycles.